The van der Waals surface area contributed by atoms with E-state index in [2.05, 4.69) is 48.5 Å². The Balaban J connectivity index is 1.70. The molecule has 0 saturated carbocycles. The van der Waals surface area contributed by atoms with Crippen LogP contribution in [0.5, 0.6) is 0 Å². The van der Waals surface area contributed by atoms with E-state index < -0.39 is 0 Å². The Morgan fingerprint density at radius 1 is 0.938 bits per heavy atom. The van der Waals surface area contributed by atoms with E-state index in [9.17, 15) is 0 Å². The Hall–Kier alpha value is -1.04. The summed E-state index contributed by atoms with van der Waals surface area (Å²) in [4.78, 5) is 0. The summed E-state index contributed by atoms with van der Waals surface area (Å²) < 4.78 is 0. The van der Waals surface area contributed by atoms with Crippen molar-refractivity contribution in [1.29, 1.82) is 0 Å². The molecule has 2 rings (SSSR count). The zero-order chi connectivity index (χ0) is 11.1. The third kappa shape index (κ3) is 3.84. The van der Waals surface area contributed by atoms with Crippen molar-refractivity contribution in [3.63, 3.8) is 0 Å². The first-order valence-electron chi connectivity index (χ1n) is 5.52. The van der Waals surface area contributed by atoms with Gasteiger partial charge in [-0.2, -0.15) is 0 Å². The minimum absolute atomic E-state index is 0.713. The molecule has 1 heteroatoms. The molecule has 0 amide bonds. The summed E-state index contributed by atoms with van der Waals surface area (Å²) >= 11 is 0.713. The molecule has 0 atom stereocenters. The Morgan fingerprint density at radius 2 is 1.75 bits per heavy atom. The fraction of sp³-hybridized carbons (Fsp3) is 0.200. The van der Waals surface area contributed by atoms with E-state index in [1.807, 2.05) is 12.1 Å². The summed E-state index contributed by atoms with van der Waals surface area (Å²) in [5.74, 6) is 0. The standard InChI is InChI=1S/C15H15Se/c1-3-7-14(8-4-1)11-12-16-13-15-9-5-2-6-10-15/h1-7,9-10H,11-13H2. The van der Waals surface area contributed by atoms with E-state index in [0.717, 1.165) is 0 Å². The third-order valence-corrected chi connectivity index (χ3v) is 4.56. The number of rotatable bonds is 5. The van der Waals surface area contributed by atoms with Gasteiger partial charge in [-0.25, -0.2) is 0 Å². The van der Waals surface area contributed by atoms with Crippen molar-refractivity contribution in [2.24, 2.45) is 0 Å². The second-order valence-corrected chi connectivity index (χ2v) is 5.99. The maximum absolute atomic E-state index is 3.28. The average molecular weight is 274 g/mol. The van der Waals surface area contributed by atoms with E-state index >= 15 is 0 Å². The van der Waals surface area contributed by atoms with Crippen molar-refractivity contribution in [2.75, 3.05) is 0 Å². The monoisotopic (exact) mass is 275 g/mol. The Morgan fingerprint density at radius 3 is 2.50 bits per heavy atom. The van der Waals surface area contributed by atoms with E-state index in [0.29, 0.717) is 15.0 Å². The topological polar surface area (TPSA) is 0 Å². The van der Waals surface area contributed by atoms with Crippen LogP contribution in [0.15, 0.2) is 54.6 Å². The zero-order valence-electron chi connectivity index (χ0n) is 9.23. The van der Waals surface area contributed by atoms with Crippen LogP contribution in [0.3, 0.4) is 0 Å². The molecule has 0 N–H and O–H groups in total. The third-order valence-electron chi connectivity index (χ3n) is 2.40. The predicted molar refractivity (Wildman–Crippen MR) is 69.7 cm³/mol. The van der Waals surface area contributed by atoms with Crippen LogP contribution in [-0.2, 0) is 11.7 Å². The van der Waals surface area contributed by atoms with Gasteiger partial charge in [0.2, 0.25) is 0 Å². The molecule has 0 aliphatic rings. The first-order chi connectivity index (χ1) is 7.95. The van der Waals surface area contributed by atoms with Crippen molar-refractivity contribution >= 4 is 15.0 Å². The van der Waals surface area contributed by atoms with Crippen LogP contribution in [0, 0.1) is 6.07 Å². The van der Waals surface area contributed by atoms with Gasteiger partial charge in [0.05, 0.1) is 0 Å². The predicted octanol–water partition coefficient (Wildman–Crippen LogP) is 3.35. The molecule has 0 heterocycles. The van der Waals surface area contributed by atoms with Gasteiger partial charge in [-0.15, -0.1) is 0 Å². The summed E-state index contributed by atoms with van der Waals surface area (Å²) in [6.45, 7) is 0. The second kappa shape index (κ2) is 6.52. The Bertz CT molecular complexity index is 353. The summed E-state index contributed by atoms with van der Waals surface area (Å²) in [5, 5.41) is 2.56. The molecule has 0 saturated heterocycles. The van der Waals surface area contributed by atoms with E-state index in [4.69, 9.17) is 0 Å². The van der Waals surface area contributed by atoms with Crippen molar-refractivity contribution in [3.8, 4) is 0 Å². The van der Waals surface area contributed by atoms with Crippen LogP contribution < -0.4 is 0 Å². The molecular formula is C15H15Se. The van der Waals surface area contributed by atoms with Gasteiger partial charge < -0.3 is 0 Å². The number of aryl methyl sites for hydroxylation is 1. The second-order valence-electron chi connectivity index (χ2n) is 3.68. The van der Waals surface area contributed by atoms with Crippen molar-refractivity contribution in [3.05, 3.63) is 71.8 Å². The van der Waals surface area contributed by atoms with E-state index in [-0.39, 0.29) is 0 Å². The first-order valence-corrected chi connectivity index (χ1v) is 7.95. The van der Waals surface area contributed by atoms with Gasteiger partial charge in [0, 0.05) is 0 Å². The zero-order valence-corrected chi connectivity index (χ0v) is 10.9. The Kier molecular flexibility index (Phi) is 4.67. The number of hydrogen-bond acceptors (Lipinski definition) is 0. The summed E-state index contributed by atoms with van der Waals surface area (Å²) in [5.41, 5.74) is 2.82. The van der Waals surface area contributed by atoms with Gasteiger partial charge in [-0.05, 0) is 0 Å². The quantitative estimate of drug-likeness (QED) is 0.579. The molecule has 0 aliphatic heterocycles. The maximum atomic E-state index is 3.28. The summed E-state index contributed by atoms with van der Waals surface area (Å²) in [6.07, 6.45) is 1.17. The molecule has 2 aromatic carbocycles. The van der Waals surface area contributed by atoms with Crippen LogP contribution in [0.25, 0.3) is 0 Å². The van der Waals surface area contributed by atoms with Crippen LogP contribution >= 0.6 is 0 Å². The minimum atomic E-state index is 0.713. The Labute approximate surface area is 104 Å². The molecule has 0 nitrogen and oxygen atoms in total. The molecule has 81 valence electrons. The van der Waals surface area contributed by atoms with E-state index in [1.165, 1.54) is 28.2 Å². The summed E-state index contributed by atoms with van der Waals surface area (Å²) in [7, 11) is 0. The van der Waals surface area contributed by atoms with Gasteiger partial charge in [0.1, 0.15) is 0 Å². The van der Waals surface area contributed by atoms with Gasteiger partial charge in [-0.3, -0.25) is 0 Å². The number of benzene rings is 2. The van der Waals surface area contributed by atoms with Crippen molar-refractivity contribution < 1.29 is 0 Å². The molecule has 0 spiro atoms. The van der Waals surface area contributed by atoms with Gasteiger partial charge in [0.15, 0.2) is 0 Å². The number of hydrogen-bond donors (Lipinski definition) is 0. The van der Waals surface area contributed by atoms with E-state index in [1.54, 1.807) is 0 Å². The molecule has 0 bridgehead atoms. The van der Waals surface area contributed by atoms with Gasteiger partial charge in [-0.1, -0.05) is 0 Å². The van der Waals surface area contributed by atoms with Crippen LogP contribution in [0.1, 0.15) is 11.1 Å². The molecule has 0 fully saturated rings. The van der Waals surface area contributed by atoms with Crippen LogP contribution in [-0.4, -0.2) is 15.0 Å². The normalized spacial score (nSPS) is 10.2. The molecule has 16 heavy (non-hydrogen) atoms. The fourth-order valence-electron chi connectivity index (χ4n) is 1.53. The average Bonchev–Trinajstić information content (AvgIpc) is 2.37. The molecule has 2 aromatic rings. The van der Waals surface area contributed by atoms with Crippen LogP contribution in [0.2, 0.25) is 5.32 Å². The van der Waals surface area contributed by atoms with Crippen molar-refractivity contribution in [2.45, 2.75) is 17.1 Å². The first kappa shape index (κ1) is 11.4. The SMILES string of the molecule is [c]1ccccc1CC[Se]Cc1ccccc1. The fourth-order valence-corrected chi connectivity index (χ4v) is 3.50. The van der Waals surface area contributed by atoms with Gasteiger partial charge in [0.25, 0.3) is 0 Å². The molecule has 0 aromatic heterocycles. The van der Waals surface area contributed by atoms with Crippen molar-refractivity contribution in [1.82, 2.24) is 0 Å². The molecule has 0 aliphatic carbocycles. The molecular weight excluding hydrogens is 259 g/mol. The van der Waals surface area contributed by atoms with Crippen LogP contribution in [0.4, 0.5) is 0 Å². The van der Waals surface area contributed by atoms with Gasteiger partial charge >= 0.3 is 104 Å². The molecule has 1 radical (unpaired) electrons. The molecule has 0 unspecified atom stereocenters. The summed E-state index contributed by atoms with van der Waals surface area (Å²) in [6, 6.07) is 22.3.